The van der Waals surface area contributed by atoms with E-state index in [1.54, 1.807) is 0 Å². The highest BCUT2D eigenvalue weighted by Crippen LogP contribution is 2.41. The molecule has 68 valence electrons. The van der Waals surface area contributed by atoms with Crippen molar-refractivity contribution in [3.63, 3.8) is 0 Å². The normalized spacial score (nSPS) is 35.9. The molecular weight excluding hydrogens is 170 g/mol. The fourth-order valence-corrected chi connectivity index (χ4v) is 2.59. The Morgan fingerprint density at radius 3 is 2.92 bits per heavy atom. The van der Waals surface area contributed by atoms with E-state index in [-0.39, 0.29) is 5.41 Å². The number of hydrogen-bond acceptors (Lipinski definition) is 1. The minimum atomic E-state index is -0.0839. The summed E-state index contributed by atoms with van der Waals surface area (Å²) in [4.78, 5) is 0. The number of halogens is 1. The molecule has 0 bridgehead atoms. The van der Waals surface area contributed by atoms with Crippen LogP contribution in [0.3, 0.4) is 0 Å². The summed E-state index contributed by atoms with van der Waals surface area (Å²) in [5.41, 5.74) is -0.0839. The SMILES string of the molecule is CC1CCCC(C#N)(CCCl)C1. The highest BCUT2D eigenvalue weighted by atomic mass is 35.5. The second-order valence-corrected chi connectivity index (χ2v) is 4.41. The lowest BCUT2D eigenvalue weighted by Gasteiger charge is -2.33. The minimum absolute atomic E-state index is 0.0839. The van der Waals surface area contributed by atoms with Crippen LogP contribution in [0.25, 0.3) is 0 Å². The Labute approximate surface area is 79.7 Å². The highest BCUT2D eigenvalue weighted by Gasteiger charge is 2.34. The van der Waals surface area contributed by atoms with Crippen LogP contribution < -0.4 is 0 Å². The van der Waals surface area contributed by atoms with Crippen LogP contribution in [0.5, 0.6) is 0 Å². The summed E-state index contributed by atoms with van der Waals surface area (Å²) in [6.45, 7) is 2.24. The van der Waals surface area contributed by atoms with Crippen molar-refractivity contribution in [2.45, 2.75) is 39.0 Å². The van der Waals surface area contributed by atoms with Crippen molar-refractivity contribution in [1.82, 2.24) is 0 Å². The van der Waals surface area contributed by atoms with Gasteiger partial charge in [-0.15, -0.1) is 11.6 Å². The van der Waals surface area contributed by atoms with E-state index in [1.165, 1.54) is 12.8 Å². The van der Waals surface area contributed by atoms with Gasteiger partial charge in [-0.1, -0.05) is 19.8 Å². The monoisotopic (exact) mass is 185 g/mol. The van der Waals surface area contributed by atoms with Crippen LogP contribution in [0, 0.1) is 22.7 Å². The van der Waals surface area contributed by atoms with Gasteiger partial charge in [-0.25, -0.2) is 0 Å². The third-order valence-corrected chi connectivity index (χ3v) is 3.09. The van der Waals surface area contributed by atoms with Crippen molar-refractivity contribution >= 4 is 11.6 Å². The fourth-order valence-electron chi connectivity index (χ4n) is 2.23. The number of alkyl halides is 1. The summed E-state index contributed by atoms with van der Waals surface area (Å²) in [7, 11) is 0. The molecule has 1 rings (SSSR count). The minimum Gasteiger partial charge on any atom is -0.198 e. The quantitative estimate of drug-likeness (QED) is 0.606. The summed E-state index contributed by atoms with van der Waals surface area (Å²) in [6.07, 6.45) is 5.46. The predicted octanol–water partition coefficient (Wildman–Crippen LogP) is 3.34. The van der Waals surface area contributed by atoms with Gasteiger partial charge in [-0.05, 0) is 25.2 Å². The molecule has 1 saturated carbocycles. The van der Waals surface area contributed by atoms with Gasteiger partial charge in [-0.3, -0.25) is 0 Å². The van der Waals surface area contributed by atoms with E-state index in [0.29, 0.717) is 11.8 Å². The first-order valence-corrected chi connectivity index (χ1v) is 5.23. The first-order chi connectivity index (χ1) is 5.72. The van der Waals surface area contributed by atoms with Gasteiger partial charge in [0.1, 0.15) is 0 Å². The van der Waals surface area contributed by atoms with Gasteiger partial charge < -0.3 is 0 Å². The number of rotatable bonds is 2. The van der Waals surface area contributed by atoms with Gasteiger partial charge in [0.15, 0.2) is 0 Å². The van der Waals surface area contributed by atoms with Gasteiger partial charge >= 0.3 is 0 Å². The standard InChI is InChI=1S/C10H16ClN/c1-9-3-2-4-10(7-9,8-12)5-6-11/h9H,2-7H2,1H3. The van der Waals surface area contributed by atoms with Crippen molar-refractivity contribution in [3.8, 4) is 6.07 Å². The highest BCUT2D eigenvalue weighted by molar-refractivity contribution is 6.17. The fraction of sp³-hybridized carbons (Fsp3) is 0.900. The molecule has 0 heterocycles. The lowest BCUT2D eigenvalue weighted by Crippen LogP contribution is -2.26. The molecule has 0 aliphatic heterocycles. The van der Waals surface area contributed by atoms with Crippen LogP contribution in [0.1, 0.15) is 39.0 Å². The van der Waals surface area contributed by atoms with Crippen LogP contribution in [-0.2, 0) is 0 Å². The molecule has 0 amide bonds. The van der Waals surface area contributed by atoms with Crippen molar-refractivity contribution in [1.29, 1.82) is 5.26 Å². The Balaban J connectivity index is 2.59. The zero-order valence-corrected chi connectivity index (χ0v) is 8.40. The lowest BCUT2D eigenvalue weighted by molar-refractivity contribution is 0.205. The van der Waals surface area contributed by atoms with Gasteiger partial charge in [0.25, 0.3) is 0 Å². The molecule has 1 aliphatic rings. The predicted molar refractivity (Wildman–Crippen MR) is 51.0 cm³/mol. The zero-order chi connectivity index (χ0) is 9.03. The summed E-state index contributed by atoms with van der Waals surface area (Å²) in [6, 6.07) is 2.46. The molecule has 0 radical (unpaired) electrons. The Morgan fingerprint density at radius 1 is 1.67 bits per heavy atom. The molecular formula is C10H16ClN. The Hall–Kier alpha value is -0.220. The van der Waals surface area contributed by atoms with Crippen LogP contribution in [0.15, 0.2) is 0 Å². The molecule has 1 fully saturated rings. The van der Waals surface area contributed by atoms with E-state index in [0.717, 1.165) is 19.3 Å². The molecule has 1 nitrogen and oxygen atoms in total. The molecule has 2 unspecified atom stereocenters. The molecule has 0 saturated heterocycles. The smallest absolute Gasteiger partial charge is 0.0690 e. The van der Waals surface area contributed by atoms with Crippen molar-refractivity contribution in [3.05, 3.63) is 0 Å². The van der Waals surface area contributed by atoms with Crippen molar-refractivity contribution < 1.29 is 0 Å². The maximum Gasteiger partial charge on any atom is 0.0690 e. The topological polar surface area (TPSA) is 23.8 Å². The van der Waals surface area contributed by atoms with Gasteiger partial charge in [0.05, 0.1) is 11.5 Å². The molecule has 0 N–H and O–H groups in total. The van der Waals surface area contributed by atoms with E-state index < -0.39 is 0 Å². The van der Waals surface area contributed by atoms with Crippen molar-refractivity contribution in [2.24, 2.45) is 11.3 Å². The first kappa shape index (κ1) is 9.86. The second kappa shape index (κ2) is 4.14. The molecule has 1 aliphatic carbocycles. The summed E-state index contributed by atoms with van der Waals surface area (Å²) in [5, 5.41) is 9.08. The molecule has 0 aromatic heterocycles. The summed E-state index contributed by atoms with van der Waals surface area (Å²) < 4.78 is 0. The van der Waals surface area contributed by atoms with Gasteiger partial charge in [0.2, 0.25) is 0 Å². The maximum atomic E-state index is 9.08. The number of nitrogens with zero attached hydrogens (tertiary/aromatic N) is 1. The van der Waals surface area contributed by atoms with E-state index >= 15 is 0 Å². The zero-order valence-electron chi connectivity index (χ0n) is 7.65. The van der Waals surface area contributed by atoms with Crippen LogP contribution >= 0.6 is 11.6 Å². The Bertz CT molecular complexity index is 181. The van der Waals surface area contributed by atoms with Crippen molar-refractivity contribution in [2.75, 3.05) is 5.88 Å². The molecule has 2 atom stereocenters. The molecule has 12 heavy (non-hydrogen) atoms. The number of hydrogen-bond donors (Lipinski definition) is 0. The molecule has 0 aromatic carbocycles. The molecule has 0 aromatic rings. The third-order valence-electron chi connectivity index (χ3n) is 2.90. The van der Waals surface area contributed by atoms with Crippen LogP contribution in [0.2, 0.25) is 0 Å². The van der Waals surface area contributed by atoms with Crippen LogP contribution in [-0.4, -0.2) is 5.88 Å². The van der Waals surface area contributed by atoms with Gasteiger partial charge in [-0.2, -0.15) is 5.26 Å². The number of nitriles is 1. The van der Waals surface area contributed by atoms with E-state index in [9.17, 15) is 0 Å². The molecule has 0 spiro atoms. The Kier molecular flexibility index (Phi) is 3.40. The summed E-state index contributed by atoms with van der Waals surface area (Å²) in [5.74, 6) is 1.34. The lowest BCUT2D eigenvalue weighted by atomic mass is 9.69. The average molecular weight is 186 g/mol. The van der Waals surface area contributed by atoms with E-state index in [4.69, 9.17) is 16.9 Å². The Morgan fingerprint density at radius 2 is 2.42 bits per heavy atom. The van der Waals surface area contributed by atoms with E-state index in [1.807, 2.05) is 0 Å². The average Bonchev–Trinajstić information content (AvgIpc) is 2.05. The van der Waals surface area contributed by atoms with Gasteiger partial charge in [0, 0.05) is 5.88 Å². The third kappa shape index (κ3) is 2.14. The maximum absolute atomic E-state index is 9.08. The second-order valence-electron chi connectivity index (χ2n) is 4.03. The first-order valence-electron chi connectivity index (χ1n) is 4.70. The van der Waals surface area contributed by atoms with Crippen LogP contribution in [0.4, 0.5) is 0 Å². The molecule has 2 heteroatoms. The largest absolute Gasteiger partial charge is 0.198 e. The summed E-state index contributed by atoms with van der Waals surface area (Å²) >= 11 is 5.70. The van der Waals surface area contributed by atoms with E-state index in [2.05, 4.69) is 13.0 Å².